The summed E-state index contributed by atoms with van der Waals surface area (Å²) in [4.78, 5) is 8.59. The van der Waals surface area contributed by atoms with Gasteiger partial charge < -0.3 is 10.1 Å². The Kier molecular flexibility index (Phi) is 5.80. The summed E-state index contributed by atoms with van der Waals surface area (Å²) in [5.74, 6) is 1.50. The second-order valence-corrected chi connectivity index (χ2v) is 6.68. The molecular formula is C21H22ClN5O. The monoisotopic (exact) mass is 395 g/mol. The number of rotatable bonds is 6. The largest absolute Gasteiger partial charge is 0.496 e. The zero-order valence-electron chi connectivity index (χ0n) is 16.2. The second kappa shape index (κ2) is 8.27. The predicted octanol–water partition coefficient (Wildman–Crippen LogP) is 4.39. The van der Waals surface area contributed by atoms with Crippen molar-refractivity contribution in [3.63, 3.8) is 0 Å². The number of allylic oxidation sites excluding steroid dienone is 1. The van der Waals surface area contributed by atoms with E-state index in [0.717, 1.165) is 39.2 Å². The van der Waals surface area contributed by atoms with Crippen LogP contribution < -0.4 is 10.1 Å². The summed E-state index contributed by atoms with van der Waals surface area (Å²) in [5, 5.41) is 9.31. The third kappa shape index (κ3) is 3.92. The Hall–Kier alpha value is -3.12. The quantitative estimate of drug-likeness (QED) is 0.382. The summed E-state index contributed by atoms with van der Waals surface area (Å²) in [6.07, 6.45) is 7.11. The average molecular weight is 396 g/mol. The molecule has 1 N–H and O–H groups in total. The van der Waals surface area contributed by atoms with Gasteiger partial charge in [-0.3, -0.25) is 14.7 Å². The standard InChI is InChI=1S/C21H22ClN5O/c1-6-14(3)25-21(23-4)12-27-11-17-16(9-24-10-19(17)26-27)15-8-20(28-5)13(2)7-18(15)22/h6-11H,1,3,12H2,2,4-5H3,(H,23,25). The van der Waals surface area contributed by atoms with E-state index in [0.29, 0.717) is 17.3 Å². The number of benzene rings is 1. The molecule has 2 aromatic heterocycles. The minimum atomic E-state index is 0.461. The molecule has 3 rings (SSSR count). The summed E-state index contributed by atoms with van der Waals surface area (Å²) in [5.41, 5.74) is 4.17. The highest BCUT2D eigenvalue weighted by molar-refractivity contribution is 6.33. The molecule has 0 saturated heterocycles. The van der Waals surface area contributed by atoms with E-state index in [9.17, 15) is 0 Å². The average Bonchev–Trinajstić information content (AvgIpc) is 3.10. The minimum absolute atomic E-state index is 0.461. The van der Waals surface area contributed by atoms with Crippen LogP contribution in [0.2, 0.25) is 5.02 Å². The number of methoxy groups -OCH3 is 1. The van der Waals surface area contributed by atoms with Crippen molar-refractivity contribution >= 4 is 28.3 Å². The van der Waals surface area contributed by atoms with Gasteiger partial charge >= 0.3 is 0 Å². The van der Waals surface area contributed by atoms with E-state index in [2.05, 4.69) is 33.5 Å². The van der Waals surface area contributed by atoms with Crippen LogP contribution >= 0.6 is 11.6 Å². The first-order valence-electron chi connectivity index (χ1n) is 8.66. The molecule has 6 nitrogen and oxygen atoms in total. The Morgan fingerprint density at radius 3 is 2.82 bits per heavy atom. The van der Waals surface area contributed by atoms with Crippen LogP contribution in [0.1, 0.15) is 5.56 Å². The third-order valence-electron chi connectivity index (χ3n) is 4.39. The highest BCUT2D eigenvalue weighted by atomic mass is 35.5. The molecule has 0 spiro atoms. The molecule has 2 heterocycles. The molecule has 0 amide bonds. The van der Waals surface area contributed by atoms with Crippen molar-refractivity contribution in [3.8, 4) is 16.9 Å². The van der Waals surface area contributed by atoms with Gasteiger partial charge in [-0.25, -0.2) is 0 Å². The number of fused-ring (bicyclic) bond motifs is 1. The summed E-state index contributed by atoms with van der Waals surface area (Å²) >= 11 is 6.52. The van der Waals surface area contributed by atoms with Crippen LogP contribution in [-0.2, 0) is 6.54 Å². The Morgan fingerprint density at radius 1 is 1.36 bits per heavy atom. The van der Waals surface area contributed by atoms with Gasteiger partial charge in [0, 0.05) is 46.7 Å². The molecule has 0 fully saturated rings. The summed E-state index contributed by atoms with van der Waals surface area (Å²) < 4.78 is 7.26. The minimum Gasteiger partial charge on any atom is -0.496 e. The molecule has 0 atom stereocenters. The number of halogens is 1. The van der Waals surface area contributed by atoms with Gasteiger partial charge in [0.05, 0.1) is 19.9 Å². The maximum absolute atomic E-state index is 6.52. The lowest BCUT2D eigenvalue weighted by Gasteiger charge is -2.11. The predicted molar refractivity (Wildman–Crippen MR) is 115 cm³/mol. The molecule has 0 aliphatic heterocycles. The van der Waals surface area contributed by atoms with E-state index in [-0.39, 0.29) is 0 Å². The molecule has 0 saturated carbocycles. The number of aryl methyl sites for hydroxylation is 1. The summed E-state index contributed by atoms with van der Waals surface area (Å²) in [6.45, 7) is 9.97. The van der Waals surface area contributed by atoms with E-state index < -0.39 is 0 Å². The molecular weight excluding hydrogens is 374 g/mol. The van der Waals surface area contributed by atoms with E-state index in [1.54, 1.807) is 37.3 Å². The Balaban J connectivity index is 2.03. The van der Waals surface area contributed by atoms with E-state index in [1.807, 2.05) is 25.3 Å². The van der Waals surface area contributed by atoms with E-state index in [1.165, 1.54) is 0 Å². The number of amidine groups is 1. The summed E-state index contributed by atoms with van der Waals surface area (Å²) in [6, 6.07) is 3.83. The number of nitrogens with one attached hydrogen (secondary N) is 1. The van der Waals surface area contributed by atoms with Crippen molar-refractivity contribution in [1.82, 2.24) is 20.1 Å². The number of ether oxygens (including phenoxy) is 1. The van der Waals surface area contributed by atoms with Gasteiger partial charge in [-0.1, -0.05) is 24.8 Å². The first kappa shape index (κ1) is 19.6. The number of hydrogen-bond acceptors (Lipinski definition) is 4. The molecule has 0 aliphatic carbocycles. The smallest absolute Gasteiger partial charge is 0.122 e. The normalized spacial score (nSPS) is 11.5. The van der Waals surface area contributed by atoms with Crippen LogP contribution in [0, 0.1) is 6.92 Å². The summed E-state index contributed by atoms with van der Waals surface area (Å²) in [7, 11) is 3.36. The van der Waals surface area contributed by atoms with Crippen molar-refractivity contribution < 1.29 is 4.74 Å². The third-order valence-corrected chi connectivity index (χ3v) is 4.70. The zero-order chi connectivity index (χ0) is 20.3. The van der Waals surface area contributed by atoms with Crippen molar-refractivity contribution in [2.45, 2.75) is 13.5 Å². The second-order valence-electron chi connectivity index (χ2n) is 6.27. The van der Waals surface area contributed by atoms with Crippen LogP contribution in [0.25, 0.3) is 22.0 Å². The van der Waals surface area contributed by atoms with Crippen LogP contribution in [0.5, 0.6) is 5.75 Å². The number of aliphatic imine (C=N–C) groups is 1. The fraction of sp³-hybridized carbons (Fsp3) is 0.190. The molecule has 144 valence electrons. The number of pyridine rings is 1. The molecule has 0 radical (unpaired) electrons. The first-order valence-corrected chi connectivity index (χ1v) is 9.04. The lowest BCUT2D eigenvalue weighted by atomic mass is 10.0. The van der Waals surface area contributed by atoms with Crippen LogP contribution in [-0.4, -0.2) is 34.8 Å². The van der Waals surface area contributed by atoms with Crippen molar-refractivity contribution in [2.24, 2.45) is 4.99 Å². The maximum atomic E-state index is 6.52. The fourth-order valence-electron chi connectivity index (χ4n) is 2.92. The van der Waals surface area contributed by atoms with Gasteiger partial charge in [0.25, 0.3) is 0 Å². The zero-order valence-corrected chi connectivity index (χ0v) is 16.9. The number of aromatic nitrogens is 3. The van der Waals surface area contributed by atoms with Crippen LogP contribution in [0.15, 0.2) is 60.6 Å². The van der Waals surface area contributed by atoms with Gasteiger partial charge in [0.2, 0.25) is 0 Å². The topological polar surface area (TPSA) is 64.3 Å². The van der Waals surface area contributed by atoms with Crippen molar-refractivity contribution in [1.29, 1.82) is 0 Å². The van der Waals surface area contributed by atoms with Gasteiger partial charge in [0.15, 0.2) is 0 Å². The molecule has 3 aromatic rings. The van der Waals surface area contributed by atoms with Crippen molar-refractivity contribution in [2.75, 3.05) is 14.2 Å². The Morgan fingerprint density at radius 2 is 2.14 bits per heavy atom. The molecule has 0 aliphatic rings. The van der Waals surface area contributed by atoms with E-state index in [4.69, 9.17) is 16.3 Å². The molecule has 0 unspecified atom stereocenters. The van der Waals surface area contributed by atoms with Gasteiger partial charge in [-0.05, 0) is 30.7 Å². The maximum Gasteiger partial charge on any atom is 0.122 e. The van der Waals surface area contributed by atoms with E-state index >= 15 is 0 Å². The van der Waals surface area contributed by atoms with Crippen molar-refractivity contribution in [3.05, 3.63) is 66.2 Å². The number of nitrogens with zero attached hydrogens (tertiary/aromatic N) is 4. The van der Waals surface area contributed by atoms with Crippen LogP contribution in [0.4, 0.5) is 0 Å². The highest BCUT2D eigenvalue weighted by Crippen LogP contribution is 2.36. The fourth-order valence-corrected chi connectivity index (χ4v) is 3.24. The van der Waals surface area contributed by atoms with Gasteiger partial charge in [0.1, 0.15) is 17.1 Å². The van der Waals surface area contributed by atoms with Crippen LogP contribution in [0.3, 0.4) is 0 Å². The Bertz CT molecular complexity index is 1080. The first-order chi connectivity index (χ1) is 13.5. The molecule has 1 aromatic carbocycles. The lowest BCUT2D eigenvalue weighted by Crippen LogP contribution is -2.26. The highest BCUT2D eigenvalue weighted by Gasteiger charge is 2.14. The molecule has 7 heteroatoms. The lowest BCUT2D eigenvalue weighted by molar-refractivity contribution is 0.412. The molecule has 28 heavy (non-hydrogen) atoms. The Labute approximate surface area is 169 Å². The van der Waals surface area contributed by atoms with Gasteiger partial charge in [-0.2, -0.15) is 5.10 Å². The molecule has 0 bridgehead atoms. The SMILES string of the molecule is C=CC(=C)NC(Cn1cc2c(-c3cc(OC)c(C)cc3Cl)cncc2n1)=NC. The van der Waals surface area contributed by atoms with Gasteiger partial charge in [-0.15, -0.1) is 0 Å². The number of hydrogen-bond donors (Lipinski definition) is 1.